The fraction of sp³-hybridized carbons (Fsp3) is 0.438. The minimum atomic E-state index is 0.143. The number of aromatic nitrogens is 4. The minimum absolute atomic E-state index is 0.143. The summed E-state index contributed by atoms with van der Waals surface area (Å²) in [5.41, 5.74) is 1.22. The number of anilines is 2. The predicted octanol–water partition coefficient (Wildman–Crippen LogP) is 1.15. The molecule has 0 bridgehead atoms. The van der Waals surface area contributed by atoms with E-state index in [9.17, 15) is 0 Å². The molecule has 2 aromatic rings. The summed E-state index contributed by atoms with van der Waals surface area (Å²) in [7, 11) is 1.72. The molecule has 1 saturated heterocycles. The molecule has 0 aliphatic carbocycles. The first-order chi connectivity index (χ1) is 11.7. The second-order valence-corrected chi connectivity index (χ2v) is 5.66. The Morgan fingerprint density at radius 1 is 1.33 bits per heavy atom. The standard InChI is InChI=1S/C16H19N7O/c1-11-5-15(22-10-21-11)23-9-13(24-2)6-12(23)8-20-16-14(7-17)18-3-4-19-16/h3-5,10,12-13H,6,8-9H2,1-2H3,(H,19,20)/t12-,13-/m0/s1. The lowest BCUT2D eigenvalue weighted by Gasteiger charge is -2.25. The molecule has 1 N–H and O–H groups in total. The van der Waals surface area contributed by atoms with Gasteiger partial charge in [-0.3, -0.25) is 0 Å². The van der Waals surface area contributed by atoms with Crippen LogP contribution in [0.3, 0.4) is 0 Å². The Morgan fingerprint density at radius 2 is 2.17 bits per heavy atom. The smallest absolute Gasteiger partial charge is 0.182 e. The van der Waals surface area contributed by atoms with Gasteiger partial charge in [-0.1, -0.05) is 0 Å². The normalized spacial score (nSPS) is 20.0. The molecule has 2 aromatic heterocycles. The molecule has 0 amide bonds. The Bertz CT molecular complexity index is 745. The maximum atomic E-state index is 9.11. The van der Waals surface area contributed by atoms with Gasteiger partial charge in [-0.2, -0.15) is 5.26 Å². The Hall–Kier alpha value is -2.79. The van der Waals surface area contributed by atoms with Gasteiger partial charge in [0.2, 0.25) is 0 Å². The average molecular weight is 325 g/mol. The highest BCUT2D eigenvalue weighted by Crippen LogP contribution is 2.26. The van der Waals surface area contributed by atoms with Crippen LogP contribution in [0.5, 0.6) is 0 Å². The van der Waals surface area contributed by atoms with E-state index in [4.69, 9.17) is 10.00 Å². The largest absolute Gasteiger partial charge is 0.380 e. The van der Waals surface area contributed by atoms with Gasteiger partial charge in [0.1, 0.15) is 18.2 Å². The second-order valence-electron chi connectivity index (χ2n) is 5.66. The van der Waals surface area contributed by atoms with E-state index < -0.39 is 0 Å². The molecule has 8 nitrogen and oxygen atoms in total. The number of hydrogen-bond donors (Lipinski definition) is 1. The summed E-state index contributed by atoms with van der Waals surface area (Å²) in [4.78, 5) is 18.9. The van der Waals surface area contributed by atoms with E-state index in [1.807, 2.05) is 19.1 Å². The van der Waals surface area contributed by atoms with Gasteiger partial charge in [0.15, 0.2) is 11.5 Å². The summed E-state index contributed by atoms with van der Waals surface area (Å²) in [6.07, 6.45) is 5.67. The fourth-order valence-electron chi connectivity index (χ4n) is 2.88. The van der Waals surface area contributed by atoms with Gasteiger partial charge in [-0.15, -0.1) is 0 Å². The highest BCUT2D eigenvalue weighted by molar-refractivity contribution is 5.48. The first kappa shape index (κ1) is 16.1. The van der Waals surface area contributed by atoms with Gasteiger partial charge in [0.25, 0.3) is 0 Å². The highest BCUT2D eigenvalue weighted by Gasteiger charge is 2.33. The number of nitrogens with one attached hydrogen (secondary N) is 1. The molecule has 3 rings (SSSR count). The van der Waals surface area contributed by atoms with E-state index in [-0.39, 0.29) is 12.1 Å². The number of nitrogens with zero attached hydrogens (tertiary/aromatic N) is 6. The van der Waals surface area contributed by atoms with Crippen molar-refractivity contribution in [3.63, 3.8) is 0 Å². The van der Waals surface area contributed by atoms with Crippen molar-refractivity contribution < 1.29 is 4.74 Å². The van der Waals surface area contributed by atoms with Crippen LogP contribution < -0.4 is 10.2 Å². The molecule has 1 aliphatic rings. The lowest BCUT2D eigenvalue weighted by molar-refractivity contribution is 0.118. The van der Waals surface area contributed by atoms with Crippen LogP contribution in [0.1, 0.15) is 17.8 Å². The molecule has 0 unspecified atom stereocenters. The number of hydrogen-bond acceptors (Lipinski definition) is 8. The van der Waals surface area contributed by atoms with Crippen molar-refractivity contribution in [1.29, 1.82) is 5.26 Å². The Balaban J connectivity index is 1.76. The molecule has 0 spiro atoms. The summed E-state index contributed by atoms with van der Waals surface area (Å²) < 4.78 is 5.53. The van der Waals surface area contributed by atoms with Crippen molar-refractivity contribution >= 4 is 11.6 Å². The Labute approximate surface area is 140 Å². The molecule has 3 heterocycles. The van der Waals surface area contributed by atoms with Crippen LogP contribution in [0.25, 0.3) is 0 Å². The molecule has 0 saturated carbocycles. The predicted molar refractivity (Wildman–Crippen MR) is 88.6 cm³/mol. The van der Waals surface area contributed by atoms with Crippen LogP contribution in [-0.2, 0) is 4.74 Å². The maximum absolute atomic E-state index is 9.11. The number of aryl methyl sites for hydroxylation is 1. The van der Waals surface area contributed by atoms with Gasteiger partial charge in [0.05, 0.1) is 12.1 Å². The van der Waals surface area contributed by atoms with E-state index in [2.05, 4.69) is 30.2 Å². The van der Waals surface area contributed by atoms with Gasteiger partial charge in [-0.25, -0.2) is 19.9 Å². The first-order valence-electron chi connectivity index (χ1n) is 7.74. The molecule has 2 atom stereocenters. The summed E-state index contributed by atoms with van der Waals surface area (Å²) in [6.45, 7) is 3.34. The van der Waals surface area contributed by atoms with E-state index in [0.29, 0.717) is 18.1 Å². The summed E-state index contributed by atoms with van der Waals surface area (Å²) in [6, 6.07) is 4.19. The Kier molecular flexibility index (Phi) is 4.82. The van der Waals surface area contributed by atoms with E-state index >= 15 is 0 Å². The summed E-state index contributed by atoms with van der Waals surface area (Å²) in [5, 5.41) is 12.3. The van der Waals surface area contributed by atoms with Gasteiger partial charge in [0, 0.05) is 44.4 Å². The third kappa shape index (κ3) is 3.41. The lowest BCUT2D eigenvalue weighted by Crippen LogP contribution is -2.36. The Morgan fingerprint density at radius 3 is 2.92 bits per heavy atom. The van der Waals surface area contributed by atoms with E-state index in [1.54, 1.807) is 19.6 Å². The van der Waals surface area contributed by atoms with E-state index in [1.165, 1.54) is 6.20 Å². The van der Waals surface area contributed by atoms with Crippen LogP contribution in [0.2, 0.25) is 0 Å². The molecule has 0 aromatic carbocycles. The molecule has 1 fully saturated rings. The molecule has 0 radical (unpaired) electrons. The maximum Gasteiger partial charge on any atom is 0.182 e. The minimum Gasteiger partial charge on any atom is -0.380 e. The zero-order valence-electron chi connectivity index (χ0n) is 13.7. The molecular weight excluding hydrogens is 306 g/mol. The van der Waals surface area contributed by atoms with Crippen LogP contribution in [-0.4, -0.2) is 52.3 Å². The van der Waals surface area contributed by atoms with Crippen LogP contribution in [0.4, 0.5) is 11.6 Å². The summed E-state index contributed by atoms with van der Waals surface area (Å²) in [5.74, 6) is 1.38. The fourth-order valence-corrected chi connectivity index (χ4v) is 2.88. The number of ether oxygens (including phenoxy) is 1. The highest BCUT2D eigenvalue weighted by atomic mass is 16.5. The van der Waals surface area contributed by atoms with Gasteiger partial charge < -0.3 is 15.0 Å². The summed E-state index contributed by atoms with van der Waals surface area (Å²) >= 11 is 0. The number of nitriles is 1. The van der Waals surface area contributed by atoms with Crippen molar-refractivity contribution in [2.45, 2.75) is 25.5 Å². The topological polar surface area (TPSA) is 99.8 Å². The zero-order chi connectivity index (χ0) is 16.9. The molecule has 24 heavy (non-hydrogen) atoms. The van der Waals surface area contributed by atoms with Gasteiger partial charge >= 0.3 is 0 Å². The molecule has 1 aliphatic heterocycles. The quantitative estimate of drug-likeness (QED) is 0.874. The van der Waals surface area contributed by atoms with Crippen molar-refractivity contribution in [2.24, 2.45) is 0 Å². The van der Waals surface area contributed by atoms with Crippen LogP contribution in [0.15, 0.2) is 24.8 Å². The van der Waals surface area contributed by atoms with Crippen molar-refractivity contribution in [1.82, 2.24) is 19.9 Å². The second kappa shape index (κ2) is 7.19. The number of rotatable bonds is 5. The van der Waals surface area contributed by atoms with Crippen molar-refractivity contribution in [3.8, 4) is 6.07 Å². The molecule has 124 valence electrons. The number of methoxy groups -OCH3 is 1. The van der Waals surface area contributed by atoms with Crippen molar-refractivity contribution in [3.05, 3.63) is 36.2 Å². The van der Waals surface area contributed by atoms with E-state index in [0.717, 1.165) is 24.5 Å². The SMILES string of the molecule is CO[C@H]1C[C@@H](CNc2nccnc2C#N)N(c2cc(C)ncn2)C1. The average Bonchev–Trinajstić information content (AvgIpc) is 3.03. The van der Waals surface area contributed by atoms with Crippen molar-refractivity contribution in [2.75, 3.05) is 30.4 Å². The van der Waals surface area contributed by atoms with Crippen LogP contribution >= 0.6 is 0 Å². The first-order valence-corrected chi connectivity index (χ1v) is 7.74. The lowest BCUT2D eigenvalue weighted by atomic mass is 10.2. The van der Waals surface area contributed by atoms with Crippen LogP contribution in [0, 0.1) is 18.3 Å². The third-order valence-electron chi connectivity index (χ3n) is 4.10. The molecular formula is C16H19N7O. The zero-order valence-corrected chi connectivity index (χ0v) is 13.7. The monoisotopic (exact) mass is 325 g/mol. The third-order valence-corrected chi connectivity index (χ3v) is 4.10. The van der Waals surface area contributed by atoms with Gasteiger partial charge in [-0.05, 0) is 13.3 Å². The molecule has 8 heteroatoms.